The predicted molar refractivity (Wildman–Crippen MR) is 47.8 cm³/mol. The van der Waals surface area contributed by atoms with Crippen LogP contribution in [0.4, 0.5) is 4.39 Å². The number of benzene rings is 1. The van der Waals surface area contributed by atoms with E-state index in [0.29, 0.717) is 24.0 Å². The molecule has 0 unspecified atom stereocenters. The van der Waals surface area contributed by atoms with Crippen LogP contribution >= 0.6 is 0 Å². The number of nitrogens with zero attached hydrogens (tertiary/aromatic N) is 1. The summed E-state index contributed by atoms with van der Waals surface area (Å²) in [5, 5.41) is 8.78. The highest BCUT2D eigenvalue weighted by Gasteiger charge is 2.40. The second-order valence-corrected chi connectivity index (χ2v) is 3.48. The maximum absolute atomic E-state index is 13.9. The van der Waals surface area contributed by atoms with Gasteiger partial charge in [0.25, 0.3) is 0 Å². The maximum Gasteiger partial charge on any atom is 0.137 e. The van der Waals surface area contributed by atoms with Gasteiger partial charge in [-0.25, -0.2) is 4.39 Å². The van der Waals surface area contributed by atoms with Crippen molar-refractivity contribution in [1.29, 1.82) is 5.26 Å². The van der Waals surface area contributed by atoms with Gasteiger partial charge in [-0.3, -0.25) is 0 Å². The van der Waals surface area contributed by atoms with Gasteiger partial charge in [0.1, 0.15) is 5.67 Å². The highest BCUT2D eigenvalue weighted by atomic mass is 19.1. The van der Waals surface area contributed by atoms with Gasteiger partial charge in [0.05, 0.1) is 11.6 Å². The number of hydrogen-bond acceptors (Lipinski definition) is 1. The molecule has 1 aliphatic rings. The highest BCUT2D eigenvalue weighted by Crippen LogP contribution is 2.45. The molecule has 0 aromatic heterocycles. The van der Waals surface area contributed by atoms with Crippen molar-refractivity contribution in [1.82, 2.24) is 0 Å². The Morgan fingerprint density at radius 2 is 2.00 bits per heavy atom. The van der Waals surface area contributed by atoms with Crippen LogP contribution in [-0.2, 0) is 5.67 Å². The molecule has 0 saturated heterocycles. The van der Waals surface area contributed by atoms with E-state index in [1.54, 1.807) is 24.3 Å². The molecule has 0 aliphatic heterocycles. The third-order valence-corrected chi connectivity index (χ3v) is 2.68. The quantitative estimate of drug-likeness (QED) is 0.643. The van der Waals surface area contributed by atoms with Crippen molar-refractivity contribution < 1.29 is 4.39 Å². The molecule has 0 radical (unpaired) electrons. The van der Waals surface area contributed by atoms with Crippen molar-refractivity contribution in [3.63, 3.8) is 0 Å². The van der Waals surface area contributed by atoms with Crippen molar-refractivity contribution in [3.05, 3.63) is 35.4 Å². The zero-order valence-corrected chi connectivity index (χ0v) is 7.26. The van der Waals surface area contributed by atoms with E-state index in [1.165, 1.54) is 0 Å². The molecule has 66 valence electrons. The first-order valence-corrected chi connectivity index (χ1v) is 4.45. The molecule has 1 aromatic rings. The van der Waals surface area contributed by atoms with Gasteiger partial charge in [-0.2, -0.15) is 5.26 Å². The fourth-order valence-electron chi connectivity index (χ4n) is 1.73. The Morgan fingerprint density at radius 1 is 1.31 bits per heavy atom. The van der Waals surface area contributed by atoms with Gasteiger partial charge in [0.15, 0.2) is 0 Å². The molecule has 0 amide bonds. The maximum atomic E-state index is 13.9. The lowest BCUT2D eigenvalue weighted by Crippen LogP contribution is -2.29. The molecule has 2 rings (SSSR count). The Balaban J connectivity index is 2.45. The molecule has 1 aliphatic carbocycles. The fraction of sp³-hybridized carbons (Fsp3) is 0.364. The molecule has 0 spiro atoms. The first kappa shape index (κ1) is 8.25. The lowest BCUT2D eigenvalue weighted by atomic mass is 9.75. The minimum absolute atomic E-state index is 0.477. The van der Waals surface area contributed by atoms with Crippen molar-refractivity contribution in [2.24, 2.45) is 0 Å². The van der Waals surface area contributed by atoms with Crippen molar-refractivity contribution in [2.45, 2.75) is 24.9 Å². The van der Waals surface area contributed by atoms with E-state index in [2.05, 4.69) is 0 Å². The van der Waals surface area contributed by atoms with E-state index in [1.807, 2.05) is 6.07 Å². The second kappa shape index (κ2) is 2.85. The molecule has 0 bridgehead atoms. The Labute approximate surface area is 76.8 Å². The number of halogens is 1. The lowest BCUT2D eigenvalue weighted by molar-refractivity contribution is 0.0606. The molecule has 1 saturated carbocycles. The molecule has 1 fully saturated rings. The monoisotopic (exact) mass is 175 g/mol. The van der Waals surface area contributed by atoms with Crippen LogP contribution in [-0.4, -0.2) is 0 Å². The van der Waals surface area contributed by atoms with Crippen LogP contribution in [0.3, 0.4) is 0 Å². The van der Waals surface area contributed by atoms with E-state index in [9.17, 15) is 4.39 Å². The summed E-state index contributed by atoms with van der Waals surface area (Å²) in [4.78, 5) is 0. The topological polar surface area (TPSA) is 23.8 Å². The summed E-state index contributed by atoms with van der Waals surface area (Å²) in [7, 11) is 0. The molecule has 1 nitrogen and oxygen atoms in total. The molecule has 13 heavy (non-hydrogen) atoms. The summed E-state index contributed by atoms with van der Waals surface area (Å²) in [6.07, 6.45) is 2.05. The van der Waals surface area contributed by atoms with Crippen molar-refractivity contribution in [2.75, 3.05) is 0 Å². The SMILES string of the molecule is N#Cc1ccccc1C1(F)CCC1. The zero-order chi connectivity index (χ0) is 9.31. The zero-order valence-electron chi connectivity index (χ0n) is 7.26. The predicted octanol–water partition coefficient (Wildman–Crippen LogP) is 2.91. The van der Waals surface area contributed by atoms with Crippen LogP contribution in [0.5, 0.6) is 0 Å². The van der Waals surface area contributed by atoms with Gasteiger partial charge < -0.3 is 0 Å². The highest BCUT2D eigenvalue weighted by molar-refractivity contribution is 5.42. The average molecular weight is 175 g/mol. The number of rotatable bonds is 1. The standard InChI is InChI=1S/C11H10FN/c12-11(6-3-7-11)10-5-2-1-4-9(10)8-13/h1-2,4-5H,3,6-7H2. The Hall–Kier alpha value is -1.36. The minimum atomic E-state index is -1.22. The van der Waals surface area contributed by atoms with Crippen LogP contribution in [0.25, 0.3) is 0 Å². The fourth-order valence-corrected chi connectivity index (χ4v) is 1.73. The number of nitriles is 1. The van der Waals surface area contributed by atoms with Gasteiger partial charge in [-0.15, -0.1) is 0 Å². The summed E-state index contributed by atoms with van der Waals surface area (Å²) in [6, 6.07) is 8.98. The van der Waals surface area contributed by atoms with Gasteiger partial charge in [-0.05, 0) is 25.3 Å². The van der Waals surface area contributed by atoms with E-state index < -0.39 is 5.67 Å². The van der Waals surface area contributed by atoms with Gasteiger partial charge >= 0.3 is 0 Å². The average Bonchev–Trinajstić information content (AvgIpc) is 2.14. The number of alkyl halides is 1. The summed E-state index contributed by atoms with van der Waals surface area (Å²) in [5.74, 6) is 0. The number of hydrogen-bond donors (Lipinski definition) is 0. The second-order valence-electron chi connectivity index (χ2n) is 3.48. The van der Waals surface area contributed by atoms with Crippen LogP contribution < -0.4 is 0 Å². The summed E-state index contributed by atoms with van der Waals surface area (Å²) in [6.45, 7) is 0. The summed E-state index contributed by atoms with van der Waals surface area (Å²) >= 11 is 0. The molecule has 0 atom stereocenters. The summed E-state index contributed by atoms with van der Waals surface area (Å²) in [5.41, 5.74) is -0.166. The molecular formula is C11H10FN. The van der Waals surface area contributed by atoms with Gasteiger partial charge in [0, 0.05) is 5.56 Å². The summed E-state index contributed by atoms with van der Waals surface area (Å²) < 4.78 is 13.9. The Bertz CT molecular complexity index is 361. The van der Waals surface area contributed by atoms with Crippen molar-refractivity contribution >= 4 is 0 Å². The van der Waals surface area contributed by atoms with Crippen LogP contribution in [0.2, 0.25) is 0 Å². The minimum Gasteiger partial charge on any atom is -0.239 e. The Morgan fingerprint density at radius 3 is 2.54 bits per heavy atom. The molecule has 0 N–H and O–H groups in total. The Kier molecular flexibility index (Phi) is 1.81. The third-order valence-electron chi connectivity index (χ3n) is 2.68. The van der Waals surface area contributed by atoms with E-state index in [0.717, 1.165) is 6.42 Å². The van der Waals surface area contributed by atoms with Crippen LogP contribution in [0.15, 0.2) is 24.3 Å². The first-order valence-electron chi connectivity index (χ1n) is 4.45. The normalized spacial score (nSPS) is 18.8. The van der Waals surface area contributed by atoms with E-state index >= 15 is 0 Å². The van der Waals surface area contributed by atoms with E-state index in [-0.39, 0.29) is 0 Å². The van der Waals surface area contributed by atoms with Crippen molar-refractivity contribution in [3.8, 4) is 6.07 Å². The molecule has 1 aromatic carbocycles. The molecule has 0 heterocycles. The van der Waals surface area contributed by atoms with Crippen LogP contribution in [0, 0.1) is 11.3 Å². The van der Waals surface area contributed by atoms with Gasteiger partial charge in [0.2, 0.25) is 0 Å². The lowest BCUT2D eigenvalue weighted by Gasteiger charge is -2.34. The first-order chi connectivity index (χ1) is 6.26. The molecule has 2 heteroatoms. The van der Waals surface area contributed by atoms with E-state index in [4.69, 9.17) is 5.26 Å². The third kappa shape index (κ3) is 1.21. The smallest absolute Gasteiger partial charge is 0.137 e. The van der Waals surface area contributed by atoms with Crippen LogP contribution in [0.1, 0.15) is 30.4 Å². The molecular weight excluding hydrogens is 165 g/mol. The largest absolute Gasteiger partial charge is 0.239 e. The van der Waals surface area contributed by atoms with Gasteiger partial charge in [-0.1, -0.05) is 18.2 Å².